The van der Waals surface area contributed by atoms with Crippen LogP contribution in [0.3, 0.4) is 0 Å². The van der Waals surface area contributed by atoms with E-state index < -0.39 is 11.7 Å². The van der Waals surface area contributed by atoms with E-state index in [4.69, 9.17) is 20.5 Å². The molecule has 3 rings (SSSR count). The molecule has 35 heavy (non-hydrogen) atoms. The van der Waals surface area contributed by atoms with Gasteiger partial charge in [0.05, 0.1) is 17.7 Å². The number of carbonyl (C=O) groups excluding carboxylic acids is 1. The number of hydrogen-bond donors (Lipinski definition) is 2. The summed E-state index contributed by atoms with van der Waals surface area (Å²) < 4.78 is 11.6. The smallest absolute Gasteiger partial charge is 0.410 e. The normalized spacial score (nSPS) is 15.9. The highest BCUT2D eigenvalue weighted by Gasteiger charge is 2.27. The average Bonchev–Trinajstić information content (AvgIpc) is 2.80. The van der Waals surface area contributed by atoms with Crippen LogP contribution in [0.2, 0.25) is 0 Å². The van der Waals surface area contributed by atoms with Crippen LogP contribution in [0.25, 0.3) is 6.08 Å². The molecule has 3 N–H and O–H groups in total. The fourth-order valence-corrected chi connectivity index (χ4v) is 3.93. The number of nitriles is 1. The van der Waals surface area contributed by atoms with Gasteiger partial charge in [0.25, 0.3) is 0 Å². The second kappa shape index (κ2) is 11.3. The molecule has 1 amide bonds. The van der Waals surface area contributed by atoms with E-state index in [-0.39, 0.29) is 12.2 Å². The summed E-state index contributed by atoms with van der Waals surface area (Å²) >= 11 is 0. The highest BCUT2D eigenvalue weighted by Crippen LogP contribution is 2.26. The summed E-state index contributed by atoms with van der Waals surface area (Å²) in [6.07, 6.45) is 2.62. The summed E-state index contributed by atoms with van der Waals surface area (Å²) in [5.41, 5.74) is 9.29. The molecule has 0 radical (unpaired) electrons. The number of hydrogen-bond acceptors (Lipinski definition) is 6. The molecule has 0 spiro atoms. The van der Waals surface area contributed by atoms with Crippen molar-refractivity contribution in [2.45, 2.75) is 64.8 Å². The molecule has 1 unspecified atom stereocenters. The topological polar surface area (TPSA) is 109 Å². The first-order valence-electron chi connectivity index (χ1n) is 11.9. The van der Waals surface area contributed by atoms with Gasteiger partial charge in [-0.15, -0.1) is 0 Å². The lowest BCUT2D eigenvalue weighted by molar-refractivity contribution is 0.0126. The quantitative estimate of drug-likeness (QED) is 0.571. The minimum absolute atomic E-state index is 0.0101. The second-order valence-corrected chi connectivity index (χ2v) is 9.99. The van der Waals surface area contributed by atoms with Crippen molar-refractivity contribution in [3.8, 4) is 11.8 Å². The monoisotopic (exact) mass is 477 g/mol. The molecule has 0 saturated carbocycles. The number of nitrogen functional groups attached to an aromatic ring is 1. The standard InChI is InChI=1S/C28H35N3O4/c1-19(14-20-6-5-7-21(15-20)18-29)26(32)17-22-16-24(8-9-25(22)30)34-23-10-12-31(13-11-23)27(33)35-28(2,3)4/h5-9,14-16,23,26,32H,10-13,17,30H2,1-4H3/b19-14+. The van der Waals surface area contributed by atoms with Crippen molar-refractivity contribution in [2.24, 2.45) is 0 Å². The van der Waals surface area contributed by atoms with Crippen molar-refractivity contribution >= 4 is 17.9 Å². The van der Waals surface area contributed by atoms with Crippen molar-refractivity contribution in [3.05, 3.63) is 64.7 Å². The zero-order valence-electron chi connectivity index (χ0n) is 21.0. The summed E-state index contributed by atoms with van der Waals surface area (Å²) in [4.78, 5) is 14.0. The fourth-order valence-electron chi connectivity index (χ4n) is 3.93. The van der Waals surface area contributed by atoms with E-state index in [2.05, 4.69) is 6.07 Å². The van der Waals surface area contributed by atoms with Crippen LogP contribution in [0.5, 0.6) is 5.75 Å². The third-order valence-electron chi connectivity index (χ3n) is 5.86. The maximum absolute atomic E-state index is 12.3. The van der Waals surface area contributed by atoms with E-state index in [0.29, 0.717) is 49.4 Å². The summed E-state index contributed by atoms with van der Waals surface area (Å²) in [6.45, 7) is 8.60. The maximum Gasteiger partial charge on any atom is 0.410 e. The van der Waals surface area contributed by atoms with Crippen LogP contribution in [-0.4, -0.2) is 47.0 Å². The van der Waals surface area contributed by atoms with E-state index in [1.54, 1.807) is 23.1 Å². The lowest BCUT2D eigenvalue weighted by Crippen LogP contribution is -2.44. The van der Waals surface area contributed by atoms with Gasteiger partial charge in [0.15, 0.2) is 0 Å². The van der Waals surface area contributed by atoms with Crippen molar-refractivity contribution in [1.82, 2.24) is 4.90 Å². The van der Waals surface area contributed by atoms with Gasteiger partial charge >= 0.3 is 6.09 Å². The SMILES string of the molecule is C/C(=C\c1cccc(C#N)c1)C(O)Cc1cc(OC2CCN(C(=O)OC(C)(C)C)CC2)ccc1N. The third-order valence-corrected chi connectivity index (χ3v) is 5.86. The van der Waals surface area contributed by atoms with Crippen molar-refractivity contribution in [3.63, 3.8) is 0 Å². The van der Waals surface area contributed by atoms with Crippen LogP contribution >= 0.6 is 0 Å². The molecule has 1 heterocycles. The lowest BCUT2D eigenvalue weighted by Gasteiger charge is -2.33. The van der Waals surface area contributed by atoms with E-state index in [1.165, 1.54) is 0 Å². The molecular formula is C28H35N3O4. The number of benzene rings is 2. The summed E-state index contributed by atoms with van der Waals surface area (Å²) in [5.74, 6) is 0.695. The largest absolute Gasteiger partial charge is 0.490 e. The summed E-state index contributed by atoms with van der Waals surface area (Å²) in [7, 11) is 0. The van der Waals surface area contributed by atoms with Crippen molar-refractivity contribution < 1.29 is 19.4 Å². The lowest BCUT2D eigenvalue weighted by atomic mass is 9.99. The molecule has 2 aromatic carbocycles. The highest BCUT2D eigenvalue weighted by molar-refractivity contribution is 5.68. The Bertz CT molecular complexity index is 1110. The zero-order valence-corrected chi connectivity index (χ0v) is 21.0. The van der Waals surface area contributed by atoms with E-state index in [1.807, 2.05) is 58.0 Å². The molecule has 0 aromatic heterocycles. The van der Waals surface area contributed by atoms with Crippen LogP contribution in [-0.2, 0) is 11.2 Å². The first-order chi connectivity index (χ1) is 16.5. The zero-order chi connectivity index (χ0) is 25.6. The second-order valence-electron chi connectivity index (χ2n) is 9.99. The number of aliphatic hydroxyl groups excluding tert-OH is 1. The van der Waals surface area contributed by atoms with Crippen molar-refractivity contribution in [2.75, 3.05) is 18.8 Å². The van der Waals surface area contributed by atoms with Crippen LogP contribution in [0, 0.1) is 11.3 Å². The number of likely N-dealkylation sites (tertiary alicyclic amines) is 1. The molecule has 7 nitrogen and oxygen atoms in total. The van der Waals surface area contributed by atoms with Crippen molar-refractivity contribution in [1.29, 1.82) is 5.26 Å². The molecule has 1 saturated heterocycles. The van der Waals surface area contributed by atoms with Gasteiger partial charge in [0, 0.05) is 38.0 Å². The number of nitrogens with zero attached hydrogens (tertiary/aromatic N) is 2. The number of anilines is 1. The minimum atomic E-state index is -0.727. The van der Waals surface area contributed by atoms with E-state index >= 15 is 0 Å². The number of carbonyl (C=O) groups is 1. The Hall–Kier alpha value is -3.50. The predicted octanol–water partition coefficient (Wildman–Crippen LogP) is 4.93. The molecule has 1 atom stereocenters. The minimum Gasteiger partial charge on any atom is -0.490 e. The van der Waals surface area contributed by atoms with Gasteiger partial charge in [-0.3, -0.25) is 0 Å². The Morgan fingerprint density at radius 2 is 1.97 bits per heavy atom. The Balaban J connectivity index is 1.59. The van der Waals surface area contributed by atoms with Crippen LogP contribution < -0.4 is 10.5 Å². The molecule has 0 bridgehead atoms. The molecular weight excluding hydrogens is 442 g/mol. The average molecular weight is 478 g/mol. The summed E-state index contributed by atoms with van der Waals surface area (Å²) in [6, 6.07) is 14.9. The van der Waals surface area contributed by atoms with Gasteiger partial charge in [-0.25, -0.2) is 4.79 Å². The number of rotatable bonds is 6. The van der Waals surface area contributed by atoms with E-state index in [9.17, 15) is 9.90 Å². The number of amides is 1. The molecule has 186 valence electrons. The molecule has 1 fully saturated rings. The van der Waals surface area contributed by atoms with Gasteiger partial charge < -0.3 is 25.2 Å². The Morgan fingerprint density at radius 3 is 2.63 bits per heavy atom. The molecule has 7 heteroatoms. The van der Waals surface area contributed by atoms with Gasteiger partial charge in [0.2, 0.25) is 0 Å². The Kier molecular flexibility index (Phi) is 8.42. The predicted molar refractivity (Wildman–Crippen MR) is 137 cm³/mol. The highest BCUT2D eigenvalue weighted by atomic mass is 16.6. The van der Waals surface area contributed by atoms with Gasteiger partial charge in [-0.05, 0) is 74.7 Å². The van der Waals surface area contributed by atoms with Gasteiger partial charge in [-0.2, -0.15) is 5.26 Å². The first-order valence-corrected chi connectivity index (χ1v) is 11.9. The number of piperidine rings is 1. The molecule has 1 aliphatic heterocycles. The van der Waals surface area contributed by atoms with Crippen LogP contribution in [0.4, 0.5) is 10.5 Å². The maximum atomic E-state index is 12.3. The van der Waals surface area contributed by atoms with Crippen LogP contribution in [0.1, 0.15) is 57.2 Å². The number of aliphatic hydroxyl groups is 1. The van der Waals surface area contributed by atoms with Gasteiger partial charge in [-0.1, -0.05) is 18.2 Å². The number of ether oxygens (including phenoxy) is 2. The first kappa shape index (κ1) is 26.1. The molecule has 2 aromatic rings. The Morgan fingerprint density at radius 1 is 1.26 bits per heavy atom. The third kappa shape index (κ3) is 7.76. The number of nitrogens with two attached hydrogens (primary N) is 1. The van der Waals surface area contributed by atoms with E-state index in [0.717, 1.165) is 16.7 Å². The molecule has 1 aliphatic rings. The summed E-state index contributed by atoms with van der Waals surface area (Å²) in [5, 5.41) is 19.9. The van der Waals surface area contributed by atoms with Gasteiger partial charge in [0.1, 0.15) is 17.5 Å². The molecule has 0 aliphatic carbocycles. The van der Waals surface area contributed by atoms with Crippen LogP contribution in [0.15, 0.2) is 48.0 Å². The fraction of sp³-hybridized carbons (Fsp3) is 0.429. The Labute approximate surface area is 207 Å².